The number of hydrogen-bond acceptors (Lipinski definition) is 3. The summed E-state index contributed by atoms with van der Waals surface area (Å²) in [4.78, 5) is 15.8. The lowest BCUT2D eigenvalue weighted by Crippen LogP contribution is -2.25. The van der Waals surface area contributed by atoms with Gasteiger partial charge < -0.3 is 4.74 Å². The van der Waals surface area contributed by atoms with Crippen LogP contribution < -0.4 is 0 Å². The van der Waals surface area contributed by atoms with Crippen LogP contribution in [0.25, 0.3) is 0 Å². The van der Waals surface area contributed by atoms with Gasteiger partial charge in [0, 0.05) is 30.5 Å². The molecule has 0 bridgehead atoms. The largest absolute Gasteiger partial charge is 0.381 e. The number of nitrogens with zero attached hydrogens (tertiary/aromatic N) is 1. The van der Waals surface area contributed by atoms with E-state index < -0.39 is 0 Å². The highest BCUT2D eigenvalue weighted by atomic mass is 16.5. The molecule has 1 aliphatic rings. The van der Waals surface area contributed by atoms with Gasteiger partial charge in [0.25, 0.3) is 0 Å². The normalized spacial score (nSPS) is 21.9. The molecule has 1 atom stereocenters. The van der Waals surface area contributed by atoms with Crippen molar-refractivity contribution in [3.8, 4) is 0 Å². The Balaban J connectivity index is 2.07. The van der Waals surface area contributed by atoms with E-state index in [1.165, 1.54) is 0 Å². The van der Waals surface area contributed by atoms with Crippen LogP contribution in [-0.2, 0) is 4.74 Å². The Morgan fingerprint density at radius 3 is 3.14 bits per heavy atom. The Labute approximate surface area is 83.1 Å². The zero-order valence-electron chi connectivity index (χ0n) is 7.98. The number of pyridine rings is 1. The highest BCUT2D eigenvalue weighted by molar-refractivity contribution is 5.97. The zero-order chi connectivity index (χ0) is 9.80. The van der Waals surface area contributed by atoms with E-state index in [1.807, 2.05) is 6.07 Å². The van der Waals surface area contributed by atoms with Gasteiger partial charge in [-0.15, -0.1) is 0 Å². The molecule has 2 heterocycles. The molecular formula is C11H13NO2. The van der Waals surface area contributed by atoms with Crippen LogP contribution in [0.2, 0.25) is 0 Å². The molecule has 2 rings (SSSR count). The van der Waals surface area contributed by atoms with E-state index in [4.69, 9.17) is 4.74 Å². The fraction of sp³-hybridized carbons (Fsp3) is 0.455. The molecule has 0 aromatic carbocycles. The van der Waals surface area contributed by atoms with Crippen molar-refractivity contribution in [3.05, 3.63) is 30.1 Å². The summed E-state index contributed by atoms with van der Waals surface area (Å²) in [6.07, 6.45) is 5.22. The van der Waals surface area contributed by atoms with Gasteiger partial charge in [-0.1, -0.05) is 0 Å². The number of carbonyl (C=O) groups excluding carboxylic acids is 1. The van der Waals surface area contributed by atoms with Crippen molar-refractivity contribution < 1.29 is 9.53 Å². The first-order valence-electron chi connectivity index (χ1n) is 4.90. The maximum atomic E-state index is 11.9. The van der Waals surface area contributed by atoms with Gasteiger partial charge in [0.05, 0.1) is 6.61 Å². The van der Waals surface area contributed by atoms with E-state index >= 15 is 0 Å². The third kappa shape index (κ3) is 1.99. The van der Waals surface area contributed by atoms with E-state index in [0.717, 1.165) is 19.4 Å². The minimum absolute atomic E-state index is 0.0351. The van der Waals surface area contributed by atoms with Gasteiger partial charge in [-0.25, -0.2) is 0 Å². The summed E-state index contributed by atoms with van der Waals surface area (Å²) in [5.74, 6) is 0.200. The molecule has 3 nitrogen and oxygen atoms in total. The van der Waals surface area contributed by atoms with Gasteiger partial charge in [-0.05, 0) is 25.0 Å². The van der Waals surface area contributed by atoms with Gasteiger partial charge in [0.2, 0.25) is 0 Å². The van der Waals surface area contributed by atoms with Crippen LogP contribution in [0, 0.1) is 5.92 Å². The summed E-state index contributed by atoms with van der Waals surface area (Å²) in [6, 6.07) is 3.60. The van der Waals surface area contributed by atoms with Crippen molar-refractivity contribution in [2.75, 3.05) is 13.2 Å². The number of hydrogen-bond donors (Lipinski definition) is 0. The molecule has 74 valence electrons. The molecule has 0 spiro atoms. The minimum atomic E-state index is 0.0351. The average molecular weight is 191 g/mol. The van der Waals surface area contributed by atoms with Crippen molar-refractivity contribution in [2.24, 2.45) is 5.92 Å². The van der Waals surface area contributed by atoms with Crippen LogP contribution in [0.5, 0.6) is 0 Å². The third-order valence-electron chi connectivity index (χ3n) is 2.48. The average Bonchev–Trinajstić information content (AvgIpc) is 2.30. The molecule has 1 saturated heterocycles. The Hall–Kier alpha value is -1.22. The van der Waals surface area contributed by atoms with Crippen LogP contribution in [0.3, 0.4) is 0 Å². The number of carbonyl (C=O) groups is 1. The molecule has 1 fully saturated rings. The minimum Gasteiger partial charge on any atom is -0.381 e. The van der Waals surface area contributed by atoms with Crippen LogP contribution in [-0.4, -0.2) is 24.0 Å². The van der Waals surface area contributed by atoms with Crippen molar-refractivity contribution in [3.63, 3.8) is 0 Å². The SMILES string of the molecule is O=C(c1cccnc1)C1CCCOC1. The summed E-state index contributed by atoms with van der Waals surface area (Å²) >= 11 is 0. The summed E-state index contributed by atoms with van der Waals surface area (Å²) in [5, 5.41) is 0. The molecule has 1 aliphatic heterocycles. The summed E-state index contributed by atoms with van der Waals surface area (Å²) in [6.45, 7) is 1.35. The van der Waals surface area contributed by atoms with Crippen molar-refractivity contribution in [1.82, 2.24) is 4.98 Å². The molecular weight excluding hydrogens is 178 g/mol. The second kappa shape index (κ2) is 4.33. The molecule has 0 radical (unpaired) electrons. The van der Waals surface area contributed by atoms with Gasteiger partial charge >= 0.3 is 0 Å². The highest BCUT2D eigenvalue weighted by Crippen LogP contribution is 2.18. The molecule has 1 aromatic heterocycles. The van der Waals surface area contributed by atoms with Crippen LogP contribution >= 0.6 is 0 Å². The maximum absolute atomic E-state index is 11.9. The molecule has 0 aliphatic carbocycles. The first-order chi connectivity index (χ1) is 6.88. The van der Waals surface area contributed by atoms with Crippen molar-refractivity contribution in [2.45, 2.75) is 12.8 Å². The Kier molecular flexibility index (Phi) is 2.89. The fourth-order valence-electron chi connectivity index (χ4n) is 1.69. The van der Waals surface area contributed by atoms with E-state index in [9.17, 15) is 4.79 Å². The van der Waals surface area contributed by atoms with Crippen molar-refractivity contribution >= 4 is 5.78 Å². The lowest BCUT2D eigenvalue weighted by molar-refractivity contribution is 0.0461. The lowest BCUT2D eigenvalue weighted by Gasteiger charge is -2.20. The van der Waals surface area contributed by atoms with Gasteiger partial charge in [-0.2, -0.15) is 0 Å². The quantitative estimate of drug-likeness (QED) is 0.668. The molecule has 0 saturated carbocycles. The predicted octanol–water partition coefficient (Wildman–Crippen LogP) is 1.69. The Morgan fingerprint density at radius 1 is 1.57 bits per heavy atom. The zero-order valence-corrected chi connectivity index (χ0v) is 7.98. The highest BCUT2D eigenvalue weighted by Gasteiger charge is 2.22. The molecule has 3 heteroatoms. The second-order valence-electron chi connectivity index (χ2n) is 3.52. The van der Waals surface area contributed by atoms with E-state index in [-0.39, 0.29) is 11.7 Å². The topological polar surface area (TPSA) is 39.2 Å². The summed E-state index contributed by atoms with van der Waals surface area (Å²) in [7, 11) is 0. The number of aromatic nitrogens is 1. The van der Waals surface area contributed by atoms with Gasteiger partial charge in [0.15, 0.2) is 5.78 Å². The fourth-order valence-corrected chi connectivity index (χ4v) is 1.69. The molecule has 14 heavy (non-hydrogen) atoms. The first-order valence-corrected chi connectivity index (χ1v) is 4.90. The van der Waals surface area contributed by atoms with Gasteiger partial charge in [0.1, 0.15) is 0 Å². The van der Waals surface area contributed by atoms with Crippen LogP contribution in [0.4, 0.5) is 0 Å². The maximum Gasteiger partial charge on any atom is 0.169 e. The second-order valence-corrected chi connectivity index (χ2v) is 3.52. The first kappa shape index (κ1) is 9.34. The standard InChI is InChI=1S/C11H13NO2/c13-11(9-3-1-5-12-7-9)10-4-2-6-14-8-10/h1,3,5,7,10H,2,4,6,8H2. The van der Waals surface area contributed by atoms with Crippen molar-refractivity contribution in [1.29, 1.82) is 0 Å². The number of rotatable bonds is 2. The number of ether oxygens (including phenoxy) is 1. The molecule has 0 amide bonds. The third-order valence-corrected chi connectivity index (χ3v) is 2.48. The lowest BCUT2D eigenvalue weighted by atomic mass is 9.94. The summed E-state index contributed by atoms with van der Waals surface area (Å²) in [5.41, 5.74) is 0.697. The van der Waals surface area contributed by atoms with Crippen LogP contribution in [0.1, 0.15) is 23.2 Å². The van der Waals surface area contributed by atoms with E-state index in [1.54, 1.807) is 18.5 Å². The molecule has 1 unspecified atom stereocenters. The van der Waals surface area contributed by atoms with E-state index in [2.05, 4.69) is 4.98 Å². The Morgan fingerprint density at radius 2 is 2.50 bits per heavy atom. The Bertz CT molecular complexity index is 304. The number of Topliss-reactive ketones (excluding diaryl/α,β-unsaturated/α-hetero) is 1. The number of ketones is 1. The molecule has 0 N–H and O–H groups in total. The molecule has 1 aromatic rings. The van der Waals surface area contributed by atoms with Gasteiger partial charge in [-0.3, -0.25) is 9.78 Å². The monoisotopic (exact) mass is 191 g/mol. The van der Waals surface area contributed by atoms with Crippen LogP contribution in [0.15, 0.2) is 24.5 Å². The smallest absolute Gasteiger partial charge is 0.169 e. The predicted molar refractivity (Wildman–Crippen MR) is 52.1 cm³/mol. The van der Waals surface area contributed by atoms with E-state index in [0.29, 0.717) is 12.2 Å². The summed E-state index contributed by atoms with van der Waals surface area (Å²) < 4.78 is 5.28.